The first-order valence-corrected chi connectivity index (χ1v) is 7.91. The molecule has 0 fully saturated rings. The van der Waals surface area contributed by atoms with Crippen molar-refractivity contribution in [3.05, 3.63) is 29.6 Å². The van der Waals surface area contributed by atoms with Crippen molar-refractivity contribution in [3.63, 3.8) is 0 Å². The molecule has 0 unspecified atom stereocenters. The van der Waals surface area contributed by atoms with E-state index < -0.39 is 0 Å². The van der Waals surface area contributed by atoms with E-state index in [0.717, 1.165) is 11.1 Å². The Bertz CT molecular complexity index is 558. The minimum absolute atomic E-state index is 0.226. The molecule has 2 aliphatic rings. The number of aromatic nitrogens is 1. The molecule has 0 amide bonds. The van der Waals surface area contributed by atoms with Crippen LogP contribution in [0, 0.1) is 11.8 Å². The minimum Gasteiger partial charge on any atom is -0.475 e. The van der Waals surface area contributed by atoms with Gasteiger partial charge >= 0.3 is 0 Å². The lowest BCUT2D eigenvalue weighted by atomic mass is 10.1. The Morgan fingerprint density at radius 1 is 0.864 bits per heavy atom. The summed E-state index contributed by atoms with van der Waals surface area (Å²) in [5.41, 5.74) is 1.78. The Morgan fingerprint density at radius 2 is 1.32 bits per heavy atom. The maximum Gasteiger partial charge on any atom is 0.218 e. The van der Waals surface area contributed by atoms with Gasteiger partial charge < -0.3 is 9.47 Å². The summed E-state index contributed by atoms with van der Waals surface area (Å²) in [4.78, 5) is 13.6. The molecular formula is C17H23N3O2. The first kappa shape index (κ1) is 15.0. The van der Waals surface area contributed by atoms with Gasteiger partial charge in [0.2, 0.25) is 11.8 Å². The molecule has 0 saturated heterocycles. The zero-order chi connectivity index (χ0) is 15.7. The molecule has 1 aromatic rings. The second kappa shape index (κ2) is 6.07. The topological polar surface area (TPSA) is 56.1 Å². The largest absolute Gasteiger partial charge is 0.475 e. The summed E-state index contributed by atoms with van der Waals surface area (Å²) >= 11 is 0. The first-order chi connectivity index (χ1) is 10.5. The van der Waals surface area contributed by atoms with Gasteiger partial charge in [0.05, 0.1) is 23.2 Å². The molecule has 0 spiro atoms. The number of pyridine rings is 1. The van der Waals surface area contributed by atoms with Gasteiger partial charge in [-0.05, 0) is 17.9 Å². The van der Waals surface area contributed by atoms with E-state index in [9.17, 15) is 0 Å². The fourth-order valence-electron chi connectivity index (χ4n) is 2.45. The van der Waals surface area contributed by atoms with Crippen LogP contribution in [-0.4, -0.2) is 42.1 Å². The van der Waals surface area contributed by atoms with Crippen LogP contribution in [0.1, 0.15) is 38.8 Å². The van der Waals surface area contributed by atoms with E-state index in [1.165, 1.54) is 0 Å². The van der Waals surface area contributed by atoms with Crippen molar-refractivity contribution in [1.29, 1.82) is 0 Å². The number of hydrogen-bond acceptors (Lipinski definition) is 5. The highest BCUT2D eigenvalue weighted by atomic mass is 16.5. The Labute approximate surface area is 131 Å². The lowest BCUT2D eigenvalue weighted by Gasteiger charge is -2.06. The minimum atomic E-state index is 0.226. The van der Waals surface area contributed by atoms with Crippen LogP contribution in [0.2, 0.25) is 0 Å². The number of nitrogens with zero attached hydrogens (tertiary/aromatic N) is 3. The van der Waals surface area contributed by atoms with Crippen LogP contribution in [-0.2, 0) is 9.47 Å². The Hall–Kier alpha value is -1.91. The highest BCUT2D eigenvalue weighted by Gasteiger charge is 2.25. The van der Waals surface area contributed by atoms with Gasteiger partial charge in [0, 0.05) is 12.4 Å². The van der Waals surface area contributed by atoms with E-state index in [1.807, 2.05) is 6.07 Å². The van der Waals surface area contributed by atoms with Crippen LogP contribution in [0.5, 0.6) is 0 Å². The molecule has 0 N–H and O–H groups in total. The summed E-state index contributed by atoms with van der Waals surface area (Å²) in [7, 11) is 0. The smallest absolute Gasteiger partial charge is 0.218 e. The van der Waals surface area contributed by atoms with Crippen molar-refractivity contribution in [3.8, 4) is 0 Å². The molecule has 0 aliphatic carbocycles. The van der Waals surface area contributed by atoms with Gasteiger partial charge in [-0.1, -0.05) is 27.7 Å². The molecule has 2 aliphatic heterocycles. The zero-order valence-corrected chi connectivity index (χ0v) is 13.6. The molecule has 118 valence electrons. The van der Waals surface area contributed by atoms with E-state index >= 15 is 0 Å². The van der Waals surface area contributed by atoms with E-state index in [4.69, 9.17) is 9.47 Å². The van der Waals surface area contributed by atoms with Crippen molar-refractivity contribution in [2.45, 2.75) is 39.8 Å². The monoisotopic (exact) mass is 301 g/mol. The van der Waals surface area contributed by atoms with Crippen molar-refractivity contribution < 1.29 is 9.47 Å². The molecular weight excluding hydrogens is 278 g/mol. The van der Waals surface area contributed by atoms with Gasteiger partial charge in [-0.3, -0.25) is 4.98 Å². The zero-order valence-electron chi connectivity index (χ0n) is 13.6. The molecule has 0 aromatic carbocycles. The van der Waals surface area contributed by atoms with Gasteiger partial charge in [-0.2, -0.15) is 0 Å². The maximum absolute atomic E-state index is 5.72. The molecule has 0 radical (unpaired) electrons. The van der Waals surface area contributed by atoms with Crippen molar-refractivity contribution in [2.24, 2.45) is 21.8 Å². The highest BCUT2D eigenvalue weighted by Crippen LogP contribution is 2.20. The fraction of sp³-hybridized carbons (Fsp3) is 0.588. The lowest BCUT2D eigenvalue weighted by Crippen LogP contribution is -2.13. The quantitative estimate of drug-likeness (QED) is 0.859. The SMILES string of the molecule is CC(C)[C@H]1COC(c2cncc(C3=N[C@@H](C(C)C)CO3)c2)=N1. The normalized spacial score (nSPS) is 24.3. The van der Waals surface area contributed by atoms with Crippen LogP contribution in [0.4, 0.5) is 0 Å². The molecule has 3 rings (SSSR count). The van der Waals surface area contributed by atoms with Gasteiger partial charge in [-0.15, -0.1) is 0 Å². The van der Waals surface area contributed by atoms with Crippen molar-refractivity contribution in [1.82, 2.24) is 4.98 Å². The van der Waals surface area contributed by atoms with E-state index in [2.05, 4.69) is 42.7 Å². The number of ether oxygens (including phenoxy) is 2. The second-order valence-corrected chi connectivity index (χ2v) is 6.58. The number of aliphatic imine (C=N–C) groups is 2. The molecule has 5 heteroatoms. The summed E-state index contributed by atoms with van der Waals surface area (Å²) < 4.78 is 11.4. The van der Waals surface area contributed by atoms with Crippen LogP contribution < -0.4 is 0 Å². The summed E-state index contributed by atoms with van der Waals surface area (Å²) in [6.45, 7) is 9.91. The van der Waals surface area contributed by atoms with Crippen molar-refractivity contribution >= 4 is 11.8 Å². The standard InChI is InChI=1S/C17H23N3O2/c1-10(2)14-8-21-16(19-14)12-5-13(7-18-6-12)17-20-15(9-22-17)11(3)4/h5-7,10-11,14-15H,8-9H2,1-4H3/t14-,15-/m1/s1. The average molecular weight is 301 g/mol. The van der Waals surface area contributed by atoms with E-state index in [1.54, 1.807) is 12.4 Å². The first-order valence-electron chi connectivity index (χ1n) is 7.91. The van der Waals surface area contributed by atoms with Crippen LogP contribution in [0.15, 0.2) is 28.4 Å². The number of hydrogen-bond donors (Lipinski definition) is 0. The third-order valence-corrected chi connectivity index (χ3v) is 4.12. The van der Waals surface area contributed by atoms with E-state index in [0.29, 0.717) is 36.8 Å². The third-order valence-electron chi connectivity index (χ3n) is 4.12. The highest BCUT2D eigenvalue weighted by molar-refractivity contribution is 6.00. The maximum atomic E-state index is 5.72. The predicted molar refractivity (Wildman–Crippen MR) is 86.5 cm³/mol. The molecule has 3 heterocycles. The van der Waals surface area contributed by atoms with Crippen LogP contribution in [0.25, 0.3) is 0 Å². The van der Waals surface area contributed by atoms with Crippen molar-refractivity contribution in [2.75, 3.05) is 13.2 Å². The Kier molecular flexibility index (Phi) is 4.14. The summed E-state index contributed by atoms with van der Waals surface area (Å²) in [6, 6.07) is 2.45. The van der Waals surface area contributed by atoms with E-state index in [-0.39, 0.29) is 12.1 Å². The number of rotatable bonds is 4. The fourth-order valence-corrected chi connectivity index (χ4v) is 2.45. The summed E-state index contributed by atoms with van der Waals surface area (Å²) in [6.07, 6.45) is 3.56. The Balaban J connectivity index is 1.82. The Morgan fingerprint density at radius 3 is 1.68 bits per heavy atom. The van der Waals surface area contributed by atoms with Gasteiger partial charge in [0.15, 0.2) is 0 Å². The van der Waals surface area contributed by atoms with Gasteiger partial charge in [0.25, 0.3) is 0 Å². The van der Waals surface area contributed by atoms with Crippen LogP contribution in [0.3, 0.4) is 0 Å². The third kappa shape index (κ3) is 2.98. The average Bonchev–Trinajstić information content (AvgIpc) is 3.17. The second-order valence-electron chi connectivity index (χ2n) is 6.58. The molecule has 2 atom stereocenters. The molecule has 0 bridgehead atoms. The predicted octanol–water partition coefficient (Wildman–Crippen LogP) is 2.68. The van der Waals surface area contributed by atoms with Crippen LogP contribution >= 0.6 is 0 Å². The van der Waals surface area contributed by atoms with Gasteiger partial charge in [-0.25, -0.2) is 9.98 Å². The molecule has 5 nitrogen and oxygen atoms in total. The molecule has 22 heavy (non-hydrogen) atoms. The molecule has 1 aromatic heterocycles. The summed E-state index contributed by atoms with van der Waals surface area (Å²) in [5, 5.41) is 0. The summed E-state index contributed by atoms with van der Waals surface area (Å²) in [5.74, 6) is 2.30. The molecule has 0 saturated carbocycles. The lowest BCUT2D eigenvalue weighted by molar-refractivity contribution is 0.291. The van der Waals surface area contributed by atoms with Gasteiger partial charge in [0.1, 0.15) is 13.2 Å².